The monoisotopic (exact) mass is 1040 g/mol. The molecule has 0 radical (unpaired) electrons. The first-order valence-electron chi connectivity index (χ1n) is 31.5. The van der Waals surface area contributed by atoms with E-state index in [9.17, 15) is 19.0 Å². The van der Waals surface area contributed by atoms with Gasteiger partial charge in [0.1, 0.15) is 19.3 Å². The maximum Gasteiger partial charge on any atom is 0.472 e. The van der Waals surface area contributed by atoms with E-state index in [1.807, 2.05) is 33.3 Å². The first-order valence-corrected chi connectivity index (χ1v) is 33.0. The van der Waals surface area contributed by atoms with Crippen LogP contribution < -0.4 is 5.32 Å². The molecule has 428 valence electrons. The van der Waals surface area contributed by atoms with E-state index in [2.05, 4.69) is 26.1 Å². The van der Waals surface area contributed by atoms with Gasteiger partial charge in [-0.1, -0.05) is 290 Å². The lowest BCUT2D eigenvalue weighted by atomic mass is 10.0. The molecular formula is C62H124N2O7P+. The molecule has 3 atom stereocenters. The number of amides is 1. The number of esters is 1. The average molecular weight is 1040 g/mol. The van der Waals surface area contributed by atoms with Crippen molar-refractivity contribution >= 4 is 19.7 Å². The molecule has 0 saturated carbocycles. The van der Waals surface area contributed by atoms with Gasteiger partial charge in [0, 0.05) is 12.8 Å². The number of phosphoric acid groups is 1. The molecule has 0 rings (SSSR count). The highest BCUT2D eigenvalue weighted by atomic mass is 31.2. The third-order valence-corrected chi connectivity index (χ3v) is 15.5. The van der Waals surface area contributed by atoms with Crippen LogP contribution in [0, 0.1) is 0 Å². The fourth-order valence-electron chi connectivity index (χ4n) is 9.59. The van der Waals surface area contributed by atoms with Crippen LogP contribution in [0.4, 0.5) is 0 Å². The highest BCUT2D eigenvalue weighted by Crippen LogP contribution is 2.43. The van der Waals surface area contributed by atoms with Crippen molar-refractivity contribution in [2.45, 2.75) is 335 Å². The number of allylic oxidation sites excluding steroid dienone is 1. The summed E-state index contributed by atoms with van der Waals surface area (Å²) in [7, 11) is 1.52. The summed E-state index contributed by atoms with van der Waals surface area (Å²) in [5, 5.41) is 3.07. The molecule has 10 heteroatoms. The van der Waals surface area contributed by atoms with Gasteiger partial charge in [-0.2, -0.15) is 0 Å². The van der Waals surface area contributed by atoms with Gasteiger partial charge < -0.3 is 19.4 Å². The van der Waals surface area contributed by atoms with Gasteiger partial charge >= 0.3 is 13.8 Å². The third kappa shape index (κ3) is 53.6. The molecule has 3 unspecified atom stereocenters. The number of hydrogen-bond donors (Lipinski definition) is 2. The molecule has 0 aliphatic heterocycles. The Balaban J connectivity index is 5.24. The second kappa shape index (κ2) is 53.2. The van der Waals surface area contributed by atoms with Crippen molar-refractivity contribution in [1.82, 2.24) is 5.32 Å². The second-order valence-electron chi connectivity index (χ2n) is 23.0. The van der Waals surface area contributed by atoms with Crippen LogP contribution in [0.5, 0.6) is 0 Å². The molecule has 0 fully saturated rings. The largest absolute Gasteiger partial charge is 0.472 e. The van der Waals surface area contributed by atoms with E-state index >= 15 is 0 Å². The molecule has 9 nitrogen and oxygen atoms in total. The van der Waals surface area contributed by atoms with Gasteiger partial charge in [-0.3, -0.25) is 18.6 Å². The Hall–Kier alpha value is -1.25. The number of hydrogen-bond acceptors (Lipinski definition) is 6. The van der Waals surface area contributed by atoms with Crippen LogP contribution in [-0.2, 0) is 27.9 Å². The number of unbranched alkanes of at least 4 members (excludes halogenated alkanes) is 42. The van der Waals surface area contributed by atoms with E-state index in [-0.39, 0.29) is 25.1 Å². The van der Waals surface area contributed by atoms with Crippen LogP contribution in [0.25, 0.3) is 0 Å². The summed E-state index contributed by atoms with van der Waals surface area (Å²) in [5.74, 6) is -0.482. The van der Waals surface area contributed by atoms with E-state index in [1.54, 1.807) is 0 Å². The maximum absolute atomic E-state index is 13.5. The molecule has 2 N–H and O–H groups in total. The summed E-state index contributed by atoms with van der Waals surface area (Å²) in [6.07, 6.45) is 60.5. The predicted octanol–water partition coefficient (Wildman–Crippen LogP) is 19.2. The van der Waals surface area contributed by atoms with E-state index in [1.165, 1.54) is 231 Å². The Labute approximate surface area is 448 Å². The molecule has 0 aliphatic rings. The number of phosphoric ester groups is 1. The average Bonchev–Trinajstić information content (AvgIpc) is 3.34. The molecule has 0 aromatic rings. The van der Waals surface area contributed by atoms with Crippen molar-refractivity contribution in [2.24, 2.45) is 0 Å². The summed E-state index contributed by atoms with van der Waals surface area (Å²) in [6.45, 7) is 7.07. The van der Waals surface area contributed by atoms with Crippen LogP contribution in [0.3, 0.4) is 0 Å². The van der Waals surface area contributed by atoms with Gasteiger partial charge in [0.05, 0.1) is 33.8 Å². The number of rotatable bonds is 58. The summed E-state index contributed by atoms with van der Waals surface area (Å²) < 4.78 is 30.7. The Morgan fingerprint density at radius 2 is 0.792 bits per heavy atom. The minimum absolute atomic E-state index is 0.0458. The Morgan fingerprint density at radius 3 is 1.14 bits per heavy atom. The lowest BCUT2D eigenvalue weighted by Gasteiger charge is -2.27. The van der Waals surface area contributed by atoms with Crippen molar-refractivity contribution in [2.75, 3.05) is 40.9 Å². The van der Waals surface area contributed by atoms with Gasteiger partial charge in [0.15, 0.2) is 0 Å². The fourth-order valence-corrected chi connectivity index (χ4v) is 10.3. The number of ether oxygens (including phenoxy) is 1. The number of quaternary nitrogens is 1. The highest BCUT2D eigenvalue weighted by Gasteiger charge is 2.30. The number of carbonyl (C=O) groups is 2. The van der Waals surface area contributed by atoms with Crippen LogP contribution in [0.2, 0.25) is 0 Å². The molecule has 72 heavy (non-hydrogen) atoms. The molecule has 1 amide bonds. The first-order chi connectivity index (χ1) is 34.9. The Kier molecular flexibility index (Phi) is 52.2. The Bertz CT molecular complexity index is 1240. The van der Waals surface area contributed by atoms with Crippen molar-refractivity contribution in [1.29, 1.82) is 0 Å². The van der Waals surface area contributed by atoms with Gasteiger partial charge in [0.25, 0.3) is 0 Å². The van der Waals surface area contributed by atoms with Gasteiger partial charge in [-0.25, -0.2) is 4.57 Å². The van der Waals surface area contributed by atoms with E-state index in [4.69, 9.17) is 13.8 Å². The normalized spacial score (nSPS) is 13.7. The topological polar surface area (TPSA) is 111 Å². The lowest BCUT2D eigenvalue weighted by molar-refractivity contribution is -0.870. The second-order valence-corrected chi connectivity index (χ2v) is 24.4. The third-order valence-electron chi connectivity index (χ3n) is 14.5. The summed E-state index contributed by atoms with van der Waals surface area (Å²) in [4.78, 5) is 37.7. The molecule has 0 heterocycles. The minimum atomic E-state index is -4.44. The summed E-state index contributed by atoms with van der Waals surface area (Å²) in [5.41, 5.74) is 0. The molecule has 0 aromatic carbocycles. The molecule has 0 aliphatic carbocycles. The van der Waals surface area contributed by atoms with Gasteiger partial charge in [0.2, 0.25) is 5.91 Å². The number of carbonyl (C=O) groups excluding carboxylic acids is 2. The van der Waals surface area contributed by atoms with Crippen LogP contribution in [-0.4, -0.2) is 74.3 Å². The minimum Gasteiger partial charge on any atom is -0.456 e. The van der Waals surface area contributed by atoms with Crippen molar-refractivity contribution in [3.63, 3.8) is 0 Å². The highest BCUT2D eigenvalue weighted by molar-refractivity contribution is 7.47. The van der Waals surface area contributed by atoms with Crippen LogP contribution in [0.15, 0.2) is 12.2 Å². The lowest BCUT2D eigenvalue weighted by Crippen LogP contribution is -2.47. The van der Waals surface area contributed by atoms with Gasteiger partial charge in [-0.15, -0.1) is 0 Å². The molecule has 0 aromatic heterocycles. The zero-order valence-electron chi connectivity index (χ0n) is 49.0. The molecular weight excluding hydrogens is 916 g/mol. The molecule has 0 bridgehead atoms. The van der Waals surface area contributed by atoms with Crippen LogP contribution >= 0.6 is 7.82 Å². The number of nitrogens with one attached hydrogen (secondary N) is 1. The van der Waals surface area contributed by atoms with Crippen LogP contribution in [0.1, 0.15) is 323 Å². The van der Waals surface area contributed by atoms with E-state index in [0.717, 1.165) is 57.8 Å². The summed E-state index contributed by atoms with van der Waals surface area (Å²) >= 11 is 0. The molecule has 0 spiro atoms. The maximum atomic E-state index is 13.5. The zero-order chi connectivity index (χ0) is 52.9. The van der Waals surface area contributed by atoms with Crippen molar-refractivity contribution in [3.05, 3.63) is 12.2 Å². The fraction of sp³-hybridized carbons (Fsp3) is 0.935. The quantitative estimate of drug-likeness (QED) is 0.0205. The van der Waals surface area contributed by atoms with Gasteiger partial charge in [-0.05, 0) is 31.8 Å². The smallest absolute Gasteiger partial charge is 0.456 e. The zero-order valence-corrected chi connectivity index (χ0v) is 49.9. The standard InChI is InChI=1S/C62H123N2O7P/c1-7-10-13-16-19-22-25-28-30-32-34-37-40-43-46-49-52-55-62(66)71-60(53-50-47-44-41-38-35-27-24-21-18-15-12-9-3)59(58-70-72(67,68)69-57-56-64(4,5)6)63-61(65)54-51-48-45-42-39-36-33-31-29-26-23-20-17-14-11-8-2/h50,53,59-60H,7-49,51-52,54-58H2,1-6H3,(H-,63,65,67,68)/p+1/b53-50+. The Morgan fingerprint density at radius 1 is 0.472 bits per heavy atom. The predicted molar refractivity (Wildman–Crippen MR) is 310 cm³/mol. The number of likely N-dealkylation sites (N-methyl/N-ethyl adjacent to an activating group) is 1. The SMILES string of the molecule is CCCCCCCCCCCCC/C=C/C(OC(=O)CCCCCCCCCCCCCCCCCCC)C(COP(=O)(O)OCC[N+](C)(C)C)NC(=O)CCCCCCCCCCCCCCCCCC. The van der Waals surface area contributed by atoms with Crippen molar-refractivity contribution in [3.8, 4) is 0 Å². The molecule has 0 saturated heterocycles. The van der Waals surface area contributed by atoms with E-state index < -0.39 is 20.0 Å². The van der Waals surface area contributed by atoms with E-state index in [0.29, 0.717) is 23.9 Å². The van der Waals surface area contributed by atoms with Crippen molar-refractivity contribution < 1.29 is 37.3 Å². The number of nitrogens with zero attached hydrogens (tertiary/aromatic N) is 1. The first kappa shape index (κ1) is 70.8. The summed E-state index contributed by atoms with van der Waals surface area (Å²) in [6, 6.07) is -0.839.